The average molecular weight is 797 g/mol. The molecule has 0 amide bonds. The topological polar surface area (TPSA) is 73.8 Å². The number of rotatable bonds is 16. The zero-order chi connectivity index (χ0) is 34.5. The molecule has 0 aliphatic heterocycles. The summed E-state index contributed by atoms with van der Waals surface area (Å²) >= 11 is 0. The maximum absolute atomic E-state index is 12.5. The molecule has 0 aromatic rings. The average Bonchev–Trinajstić information content (AvgIpc) is 2.90. The SMILES string of the molecule is C.C.C.C.C.C.CO[Si](CCF)(OC)OC.FCC(F)(F)OC(F)(F)F.FCC(F)(F)OC(F)C(F)(F)OCC(F)(F)OF.FCOF. The highest BCUT2D eigenvalue weighted by Gasteiger charge is 2.51. The molecule has 1 unspecified atom stereocenters. The molecule has 1 atom stereocenters. The summed E-state index contributed by atoms with van der Waals surface area (Å²) < 4.78 is 228. The molecule has 0 fully saturated rings. The lowest BCUT2D eigenvalue weighted by Crippen LogP contribution is -2.43. The second kappa shape index (κ2) is 34.1. The molecule has 0 aromatic heterocycles. The molecule has 27 heteroatoms. The predicted molar refractivity (Wildman–Crippen MR) is 139 cm³/mol. The van der Waals surface area contributed by atoms with E-state index < -0.39 is 79.5 Å². The molecule has 0 N–H and O–H groups in total. The van der Waals surface area contributed by atoms with Crippen molar-refractivity contribution in [2.24, 2.45) is 0 Å². The van der Waals surface area contributed by atoms with E-state index in [9.17, 15) is 79.3 Å². The fourth-order valence-corrected chi connectivity index (χ4v) is 2.73. The third kappa shape index (κ3) is 40.8. The monoisotopic (exact) mass is 796 g/mol. The van der Waals surface area contributed by atoms with Crippen molar-refractivity contribution in [1.29, 1.82) is 0 Å². The van der Waals surface area contributed by atoms with E-state index in [2.05, 4.69) is 19.2 Å². The standard InChI is InChI=1S/C6H5F9O3.C5H13FO3Si.C3H2F6O.CH2F2O.6CH4/c7-1-4(9,10)17-3(8)6(13,14)16-2-5(11,12)18-15;1-7-10(8-2,9-3)5-4-6;4-1-2(5,6)10-3(7,8)9;2-1-4-3;;;;;;/h3H,1-2H2;4-5H2,1-3H3;1H2;1H2;6*1H4. The molecule has 0 aliphatic carbocycles. The van der Waals surface area contributed by atoms with Gasteiger partial charge in [0.25, 0.3) is 6.36 Å². The molecule has 8 nitrogen and oxygen atoms in total. The normalized spacial score (nSPS) is 11.9. The molecule has 48 heavy (non-hydrogen) atoms. The summed E-state index contributed by atoms with van der Waals surface area (Å²) in [6, 6.07) is 0.219. The summed E-state index contributed by atoms with van der Waals surface area (Å²) in [5.74, 6) is 0. The molecule has 0 aliphatic rings. The van der Waals surface area contributed by atoms with Crippen LogP contribution in [0.1, 0.15) is 44.6 Å². The zero-order valence-electron chi connectivity index (χ0n) is 20.9. The van der Waals surface area contributed by atoms with Crippen molar-refractivity contribution < 1.29 is 117 Å². The fraction of sp³-hybridized carbons (Fsp3) is 1.00. The highest BCUT2D eigenvalue weighted by molar-refractivity contribution is 6.60. The Morgan fingerprint density at radius 1 is 0.604 bits per heavy atom. The van der Waals surface area contributed by atoms with E-state index in [0.717, 1.165) is 0 Å². The first-order valence-electron chi connectivity index (χ1n) is 9.55. The Labute approximate surface area is 269 Å². The van der Waals surface area contributed by atoms with Crippen molar-refractivity contribution in [3.05, 3.63) is 0 Å². The molecule has 0 saturated heterocycles. The van der Waals surface area contributed by atoms with Crippen LogP contribution >= 0.6 is 0 Å². The fourth-order valence-electron chi connectivity index (χ4n) is 1.39. The summed E-state index contributed by atoms with van der Waals surface area (Å²) in [5, 5.41) is 0. The van der Waals surface area contributed by atoms with Gasteiger partial charge in [0.05, 0.1) is 6.67 Å². The lowest BCUT2D eigenvalue weighted by molar-refractivity contribution is -0.426. The largest absolute Gasteiger partial charge is 0.527 e. The lowest BCUT2D eigenvalue weighted by Gasteiger charge is -2.24. The van der Waals surface area contributed by atoms with Crippen LogP contribution in [0.5, 0.6) is 0 Å². The summed E-state index contributed by atoms with van der Waals surface area (Å²) in [5.41, 5.74) is 0. The van der Waals surface area contributed by atoms with Gasteiger partial charge in [-0.1, -0.05) is 44.6 Å². The molecular weight excluding hydrogens is 750 g/mol. The smallest absolute Gasteiger partial charge is 0.377 e. The Kier molecular flexibility index (Phi) is 51.4. The maximum Gasteiger partial charge on any atom is 0.527 e. The van der Waals surface area contributed by atoms with Crippen molar-refractivity contribution in [3.63, 3.8) is 0 Å². The number of ether oxygens (including phenoxy) is 3. The van der Waals surface area contributed by atoms with Gasteiger partial charge in [0, 0.05) is 27.4 Å². The Morgan fingerprint density at radius 2 is 0.958 bits per heavy atom. The Morgan fingerprint density at radius 3 is 1.15 bits per heavy atom. The Balaban J connectivity index is -0.0000000527. The van der Waals surface area contributed by atoms with Crippen LogP contribution in [0.4, 0.5) is 79.3 Å². The molecule has 0 aromatic carbocycles. The van der Waals surface area contributed by atoms with Crippen LogP contribution in [0.3, 0.4) is 0 Å². The summed E-state index contributed by atoms with van der Waals surface area (Å²) in [6.45, 7) is -9.43. The van der Waals surface area contributed by atoms with Gasteiger partial charge in [-0.05, 0) is 9.05 Å². The highest BCUT2D eigenvalue weighted by atomic mass is 28.4. The van der Waals surface area contributed by atoms with E-state index in [-0.39, 0.29) is 50.6 Å². The van der Waals surface area contributed by atoms with E-state index in [4.69, 9.17) is 13.3 Å². The van der Waals surface area contributed by atoms with Crippen LogP contribution in [0.25, 0.3) is 0 Å². The van der Waals surface area contributed by atoms with E-state index in [0.29, 0.717) is 0 Å². The first kappa shape index (κ1) is 72.4. The maximum atomic E-state index is 12.5. The predicted octanol–water partition coefficient (Wildman–Crippen LogP) is 10.5. The third-order valence-corrected chi connectivity index (χ3v) is 5.70. The van der Waals surface area contributed by atoms with Gasteiger partial charge >= 0.3 is 39.6 Å². The third-order valence-electron chi connectivity index (χ3n) is 3.04. The van der Waals surface area contributed by atoms with Crippen LogP contribution in [-0.4, -0.2) is 101 Å². The van der Waals surface area contributed by atoms with Crippen LogP contribution < -0.4 is 0 Å². The minimum atomic E-state index is -5.50. The molecule has 0 saturated carbocycles. The van der Waals surface area contributed by atoms with Crippen LogP contribution in [-0.2, 0) is 37.4 Å². The van der Waals surface area contributed by atoms with Gasteiger partial charge in [-0.25, -0.2) is 22.3 Å². The minimum Gasteiger partial charge on any atom is -0.377 e. The second-order valence-corrected chi connectivity index (χ2v) is 9.13. The van der Waals surface area contributed by atoms with E-state index in [1.807, 2.05) is 4.94 Å². The van der Waals surface area contributed by atoms with Crippen LogP contribution in [0.2, 0.25) is 6.04 Å². The van der Waals surface area contributed by atoms with Crippen molar-refractivity contribution in [1.82, 2.24) is 0 Å². The van der Waals surface area contributed by atoms with Crippen LogP contribution in [0.15, 0.2) is 0 Å². The molecule has 308 valence electrons. The first-order chi connectivity index (χ1) is 18.9. The van der Waals surface area contributed by atoms with Gasteiger partial charge in [-0.3, -0.25) is 9.13 Å². The second-order valence-electron chi connectivity index (χ2n) is 6.04. The van der Waals surface area contributed by atoms with Gasteiger partial charge in [0.1, 0.15) is 6.61 Å². The lowest BCUT2D eigenvalue weighted by atomic mass is 10.5. The molecule has 0 spiro atoms. The number of halogens is 18. The van der Waals surface area contributed by atoms with Crippen molar-refractivity contribution in [3.8, 4) is 0 Å². The van der Waals surface area contributed by atoms with Gasteiger partial charge in [0.15, 0.2) is 13.3 Å². The quantitative estimate of drug-likeness (QED) is 0.113. The van der Waals surface area contributed by atoms with Gasteiger partial charge in [-0.15, -0.1) is 18.1 Å². The molecule has 0 radical (unpaired) electrons. The molecular formula is C21H46F18O8Si. The van der Waals surface area contributed by atoms with E-state index >= 15 is 0 Å². The molecule has 0 heterocycles. The van der Waals surface area contributed by atoms with E-state index in [1.54, 1.807) is 0 Å². The number of hydrogen-bond acceptors (Lipinski definition) is 8. The number of hydrogen-bond donors (Lipinski definition) is 0. The zero-order valence-corrected chi connectivity index (χ0v) is 21.9. The Hall–Kier alpha value is -1.36. The van der Waals surface area contributed by atoms with Gasteiger partial charge in [-0.2, -0.15) is 40.1 Å². The van der Waals surface area contributed by atoms with Crippen LogP contribution in [0, 0.1) is 0 Å². The van der Waals surface area contributed by atoms with Crippen molar-refractivity contribution in [2.45, 2.75) is 87.8 Å². The molecule has 0 rings (SSSR count). The summed E-state index contributed by atoms with van der Waals surface area (Å²) in [4.78, 5) is 4.25. The van der Waals surface area contributed by atoms with Crippen molar-refractivity contribution in [2.75, 3.05) is 54.8 Å². The highest BCUT2D eigenvalue weighted by Crippen LogP contribution is 2.32. The van der Waals surface area contributed by atoms with E-state index in [1.165, 1.54) is 21.3 Å². The van der Waals surface area contributed by atoms with Gasteiger partial charge in [0.2, 0.25) is 6.86 Å². The summed E-state index contributed by atoms with van der Waals surface area (Å²) in [7, 11) is 1.81. The summed E-state index contributed by atoms with van der Waals surface area (Å²) in [6.07, 6.45) is -29.6. The van der Waals surface area contributed by atoms with Gasteiger partial charge < -0.3 is 18.0 Å². The minimum absolute atomic E-state index is 0. The molecule has 0 bridgehead atoms. The first-order valence-corrected chi connectivity index (χ1v) is 11.5. The Bertz CT molecular complexity index is 642. The number of alkyl halides is 16. The van der Waals surface area contributed by atoms with Crippen molar-refractivity contribution >= 4 is 8.80 Å².